The molecule has 2 aromatic heterocycles. The minimum Gasteiger partial charge on any atom is -0.375 e. The average Bonchev–Trinajstić information content (AvgIpc) is 2.99. The molecule has 6 nitrogen and oxygen atoms in total. The van der Waals surface area contributed by atoms with Gasteiger partial charge in [-0.3, -0.25) is 19.8 Å². The van der Waals surface area contributed by atoms with Gasteiger partial charge in [0.25, 0.3) is 0 Å². The van der Waals surface area contributed by atoms with Crippen LogP contribution in [0.15, 0.2) is 42.7 Å². The van der Waals surface area contributed by atoms with Crippen molar-refractivity contribution in [3.05, 3.63) is 58.9 Å². The number of pyridine rings is 1. The van der Waals surface area contributed by atoms with E-state index < -0.39 is 11.7 Å². The number of fused-ring (bicyclic) bond motifs is 1. The zero-order valence-corrected chi connectivity index (χ0v) is 16.6. The number of carbonyl (C=O) groups excluding carboxylic acids is 1. The number of amides is 1. The van der Waals surface area contributed by atoms with Crippen LogP contribution in [0.4, 0.5) is 13.2 Å². The number of nitrogens with zero attached hydrogens (tertiary/aromatic N) is 3. The molecule has 3 rings (SSSR count). The molecular formula is C18H15ClF3N5OS. The van der Waals surface area contributed by atoms with Crippen LogP contribution in [0.25, 0.3) is 16.7 Å². The van der Waals surface area contributed by atoms with Gasteiger partial charge in [0.1, 0.15) is 0 Å². The maximum absolute atomic E-state index is 12.9. The van der Waals surface area contributed by atoms with Gasteiger partial charge in [-0.05, 0) is 29.9 Å². The Morgan fingerprint density at radius 1 is 1.38 bits per heavy atom. The smallest absolute Gasteiger partial charge is 0.375 e. The van der Waals surface area contributed by atoms with Gasteiger partial charge in [-0.2, -0.15) is 13.2 Å². The summed E-state index contributed by atoms with van der Waals surface area (Å²) in [4.78, 5) is 16.2. The molecule has 1 aromatic carbocycles. The summed E-state index contributed by atoms with van der Waals surface area (Å²) in [6.45, 7) is 0. The lowest BCUT2D eigenvalue weighted by Gasteiger charge is -2.17. The van der Waals surface area contributed by atoms with Crippen molar-refractivity contribution in [3.63, 3.8) is 0 Å². The highest BCUT2D eigenvalue weighted by Gasteiger charge is 2.32. The highest BCUT2D eigenvalue weighted by atomic mass is 35.5. The SMILES string of the molecule is CN(NC(=O)Cc1cn(-c2ncc(C(F)(F)F)cc2Cl)c2ccccc12)C(N)=S. The molecule has 0 fully saturated rings. The summed E-state index contributed by atoms with van der Waals surface area (Å²) in [5.74, 6) is -0.238. The van der Waals surface area contributed by atoms with E-state index in [1.165, 1.54) is 12.1 Å². The molecule has 0 unspecified atom stereocenters. The topological polar surface area (TPSA) is 76.2 Å². The number of rotatable bonds is 3. The van der Waals surface area contributed by atoms with Crippen molar-refractivity contribution in [2.24, 2.45) is 5.73 Å². The molecule has 0 saturated heterocycles. The van der Waals surface area contributed by atoms with Crippen LogP contribution in [-0.2, 0) is 17.4 Å². The number of halogens is 4. The molecule has 3 N–H and O–H groups in total. The quantitative estimate of drug-likeness (QED) is 0.481. The predicted molar refractivity (Wildman–Crippen MR) is 107 cm³/mol. The van der Waals surface area contributed by atoms with E-state index in [0.717, 1.165) is 17.6 Å². The van der Waals surface area contributed by atoms with Gasteiger partial charge in [0.05, 0.1) is 22.5 Å². The Hall–Kier alpha value is -2.85. The fraction of sp³-hybridized carbons (Fsp3) is 0.167. The summed E-state index contributed by atoms with van der Waals surface area (Å²) in [6.07, 6.45) is -2.22. The lowest BCUT2D eigenvalue weighted by atomic mass is 10.1. The highest BCUT2D eigenvalue weighted by Crippen LogP contribution is 2.33. The number of alkyl halides is 3. The van der Waals surface area contributed by atoms with E-state index >= 15 is 0 Å². The second-order valence-electron chi connectivity index (χ2n) is 6.18. The number of nitrogens with one attached hydrogen (secondary N) is 1. The first-order valence-corrected chi connectivity index (χ1v) is 9.01. The number of thiocarbonyl (C=S) groups is 1. The number of aromatic nitrogens is 2. The largest absolute Gasteiger partial charge is 0.417 e. The Balaban J connectivity index is 2.01. The molecule has 0 aliphatic carbocycles. The summed E-state index contributed by atoms with van der Waals surface area (Å²) in [5.41, 5.74) is 8.31. The van der Waals surface area contributed by atoms with Crippen molar-refractivity contribution in [2.75, 3.05) is 7.05 Å². The lowest BCUT2D eigenvalue weighted by molar-refractivity contribution is -0.137. The van der Waals surface area contributed by atoms with Crippen molar-refractivity contribution < 1.29 is 18.0 Å². The van der Waals surface area contributed by atoms with E-state index in [0.29, 0.717) is 11.1 Å². The standard InChI is InChI=1S/C18H15ClF3N5OS/c1-26(17(23)29)25-15(28)6-10-9-27(14-5-3-2-4-12(10)14)16-13(19)7-11(8-24-16)18(20,21)22/h2-5,7-9H,6H2,1H3,(H2,23,29)(H,25,28). The van der Waals surface area contributed by atoms with E-state index in [9.17, 15) is 18.0 Å². The van der Waals surface area contributed by atoms with Crippen molar-refractivity contribution in [1.29, 1.82) is 0 Å². The molecule has 29 heavy (non-hydrogen) atoms. The first kappa shape index (κ1) is 20.9. The van der Waals surface area contributed by atoms with Crippen LogP contribution in [0.2, 0.25) is 5.02 Å². The summed E-state index contributed by atoms with van der Waals surface area (Å²) in [7, 11) is 1.51. The van der Waals surface area contributed by atoms with Gasteiger partial charge in [-0.15, -0.1) is 0 Å². The van der Waals surface area contributed by atoms with Crippen LogP contribution < -0.4 is 11.2 Å². The molecule has 2 heterocycles. The number of para-hydroxylation sites is 1. The van der Waals surface area contributed by atoms with Crippen molar-refractivity contribution >= 4 is 45.7 Å². The van der Waals surface area contributed by atoms with Crippen molar-refractivity contribution in [1.82, 2.24) is 20.0 Å². The van der Waals surface area contributed by atoms with E-state index in [1.807, 2.05) is 0 Å². The minimum absolute atomic E-state index is 0.00140. The lowest BCUT2D eigenvalue weighted by Crippen LogP contribution is -2.46. The van der Waals surface area contributed by atoms with E-state index in [4.69, 9.17) is 29.6 Å². The zero-order chi connectivity index (χ0) is 21.3. The summed E-state index contributed by atoms with van der Waals surface area (Å²) in [5, 5.41) is 1.79. The maximum Gasteiger partial charge on any atom is 0.417 e. The Bertz CT molecular complexity index is 1100. The number of carbonyl (C=O) groups is 1. The Morgan fingerprint density at radius 3 is 2.69 bits per heavy atom. The molecule has 1 amide bonds. The van der Waals surface area contributed by atoms with E-state index in [1.54, 1.807) is 35.0 Å². The average molecular weight is 442 g/mol. The summed E-state index contributed by atoms with van der Waals surface area (Å²) in [6, 6.07) is 7.93. The minimum atomic E-state index is -4.55. The number of benzene rings is 1. The Labute approximate surface area is 174 Å². The maximum atomic E-state index is 12.9. The number of hydrogen-bond acceptors (Lipinski definition) is 3. The summed E-state index contributed by atoms with van der Waals surface area (Å²) >= 11 is 10.9. The zero-order valence-electron chi connectivity index (χ0n) is 15.0. The fourth-order valence-corrected chi connectivity index (χ4v) is 3.09. The van der Waals surface area contributed by atoms with Crippen LogP contribution in [-0.4, -0.2) is 32.6 Å². The van der Waals surface area contributed by atoms with Crippen molar-refractivity contribution in [2.45, 2.75) is 12.6 Å². The molecular weight excluding hydrogens is 427 g/mol. The van der Waals surface area contributed by atoms with Crippen LogP contribution in [0.1, 0.15) is 11.1 Å². The first-order chi connectivity index (χ1) is 13.6. The van der Waals surface area contributed by atoms with Gasteiger partial charge in [0.2, 0.25) is 5.91 Å². The molecule has 0 aliphatic rings. The predicted octanol–water partition coefficient (Wildman–Crippen LogP) is 3.45. The van der Waals surface area contributed by atoms with Crippen LogP contribution in [0, 0.1) is 0 Å². The highest BCUT2D eigenvalue weighted by molar-refractivity contribution is 7.80. The second-order valence-corrected chi connectivity index (χ2v) is 7.00. The van der Waals surface area contributed by atoms with Gasteiger partial charge in [0.15, 0.2) is 10.9 Å². The third-order valence-electron chi connectivity index (χ3n) is 4.15. The van der Waals surface area contributed by atoms with Crippen LogP contribution in [0.3, 0.4) is 0 Å². The molecule has 0 radical (unpaired) electrons. The van der Waals surface area contributed by atoms with E-state index in [2.05, 4.69) is 10.4 Å². The first-order valence-electron chi connectivity index (χ1n) is 8.22. The molecule has 0 spiro atoms. The molecule has 152 valence electrons. The third-order valence-corrected chi connectivity index (χ3v) is 4.70. The van der Waals surface area contributed by atoms with Crippen molar-refractivity contribution in [3.8, 4) is 5.82 Å². The Kier molecular flexibility index (Phi) is 5.67. The summed E-state index contributed by atoms with van der Waals surface area (Å²) < 4.78 is 40.2. The normalized spacial score (nSPS) is 11.5. The van der Waals surface area contributed by atoms with Gasteiger partial charge in [-0.1, -0.05) is 29.8 Å². The van der Waals surface area contributed by atoms with Gasteiger partial charge in [-0.25, -0.2) is 4.98 Å². The number of nitrogens with two attached hydrogens (primary N) is 1. The number of hydrazine groups is 1. The molecule has 0 atom stereocenters. The Morgan fingerprint density at radius 2 is 2.07 bits per heavy atom. The van der Waals surface area contributed by atoms with E-state index in [-0.39, 0.29) is 28.3 Å². The molecule has 0 saturated carbocycles. The number of hydrogen-bond donors (Lipinski definition) is 2. The van der Waals surface area contributed by atoms with Gasteiger partial charge < -0.3 is 5.73 Å². The van der Waals surface area contributed by atoms with Crippen LogP contribution in [0.5, 0.6) is 0 Å². The molecule has 3 aromatic rings. The van der Waals surface area contributed by atoms with Gasteiger partial charge >= 0.3 is 6.18 Å². The molecule has 0 aliphatic heterocycles. The fourth-order valence-electron chi connectivity index (χ4n) is 2.78. The molecule has 11 heteroatoms. The monoisotopic (exact) mass is 441 g/mol. The molecule has 0 bridgehead atoms. The third kappa shape index (κ3) is 4.43. The van der Waals surface area contributed by atoms with Crippen LogP contribution >= 0.6 is 23.8 Å². The van der Waals surface area contributed by atoms with Gasteiger partial charge in [0, 0.05) is 24.8 Å². The second kappa shape index (κ2) is 7.88.